The maximum absolute atomic E-state index is 12.8. The summed E-state index contributed by atoms with van der Waals surface area (Å²) in [4.78, 5) is 38.0. The summed E-state index contributed by atoms with van der Waals surface area (Å²) in [5, 5.41) is 0. The largest absolute Gasteiger partial charge is 0.462 e. The molecule has 0 N–H and O–H groups in total. The van der Waals surface area contributed by atoms with E-state index in [1.165, 1.54) is 276 Å². The van der Waals surface area contributed by atoms with Crippen LogP contribution in [0, 0.1) is 0 Å². The van der Waals surface area contributed by atoms with Crippen LogP contribution in [-0.4, -0.2) is 37.2 Å². The first-order chi connectivity index (χ1) is 34.5. The molecule has 0 rings (SSSR count). The van der Waals surface area contributed by atoms with Gasteiger partial charge in [0.05, 0.1) is 0 Å². The van der Waals surface area contributed by atoms with Crippen molar-refractivity contribution in [3.05, 3.63) is 0 Å². The van der Waals surface area contributed by atoms with Gasteiger partial charge in [0.1, 0.15) is 13.2 Å². The highest BCUT2D eigenvalue weighted by Gasteiger charge is 2.19. The van der Waals surface area contributed by atoms with E-state index in [-0.39, 0.29) is 31.1 Å². The van der Waals surface area contributed by atoms with Gasteiger partial charge in [0.2, 0.25) is 0 Å². The third-order valence-corrected chi connectivity index (χ3v) is 14.9. The predicted molar refractivity (Wildman–Crippen MR) is 303 cm³/mol. The summed E-state index contributed by atoms with van der Waals surface area (Å²) < 4.78 is 16.8. The van der Waals surface area contributed by atoms with Crippen molar-refractivity contribution in [2.45, 2.75) is 380 Å². The molecule has 0 heterocycles. The minimum Gasteiger partial charge on any atom is -0.462 e. The fourth-order valence-electron chi connectivity index (χ4n) is 10.0. The monoisotopic (exact) mass is 989 g/mol. The molecular formula is C64H124O6. The molecular weight excluding hydrogens is 865 g/mol. The highest BCUT2D eigenvalue weighted by atomic mass is 16.6. The Kier molecular flexibility index (Phi) is 58.6. The Hall–Kier alpha value is -1.59. The van der Waals surface area contributed by atoms with Gasteiger partial charge in [-0.1, -0.05) is 335 Å². The van der Waals surface area contributed by atoms with Crippen LogP contribution in [0.5, 0.6) is 0 Å². The summed E-state index contributed by atoms with van der Waals surface area (Å²) >= 11 is 0. The summed E-state index contributed by atoms with van der Waals surface area (Å²) in [7, 11) is 0. The van der Waals surface area contributed by atoms with Crippen molar-refractivity contribution < 1.29 is 28.6 Å². The maximum Gasteiger partial charge on any atom is 0.306 e. The number of hydrogen-bond acceptors (Lipinski definition) is 6. The Bertz CT molecular complexity index is 1040. The summed E-state index contributed by atoms with van der Waals surface area (Å²) in [6.45, 7) is 6.67. The molecule has 0 aromatic rings. The van der Waals surface area contributed by atoms with E-state index in [0.717, 1.165) is 57.8 Å². The van der Waals surface area contributed by atoms with Crippen molar-refractivity contribution >= 4 is 17.9 Å². The van der Waals surface area contributed by atoms with Crippen molar-refractivity contribution in [2.24, 2.45) is 0 Å². The lowest BCUT2D eigenvalue weighted by molar-refractivity contribution is -0.167. The number of unbranched alkanes of at least 4 members (excludes halogenated alkanes) is 49. The molecule has 0 aliphatic carbocycles. The summed E-state index contributed by atoms with van der Waals surface area (Å²) in [5.74, 6) is -0.841. The molecule has 6 heteroatoms. The second-order valence-corrected chi connectivity index (χ2v) is 22.1. The third kappa shape index (κ3) is 57.3. The van der Waals surface area contributed by atoms with Crippen LogP contribution >= 0.6 is 0 Å². The maximum atomic E-state index is 12.8. The van der Waals surface area contributed by atoms with Crippen LogP contribution in [0.1, 0.15) is 374 Å². The molecule has 0 radical (unpaired) electrons. The number of rotatable bonds is 60. The minimum absolute atomic E-state index is 0.0619. The van der Waals surface area contributed by atoms with E-state index in [4.69, 9.17) is 14.2 Å². The molecule has 70 heavy (non-hydrogen) atoms. The summed E-state index contributed by atoms with van der Waals surface area (Å²) in [5.41, 5.74) is 0. The first-order valence-corrected chi connectivity index (χ1v) is 32.0. The Morgan fingerprint density at radius 3 is 0.571 bits per heavy atom. The van der Waals surface area contributed by atoms with E-state index in [1.54, 1.807) is 0 Å². The molecule has 0 aliphatic heterocycles. The van der Waals surface area contributed by atoms with Crippen LogP contribution in [0.3, 0.4) is 0 Å². The Labute approximate surface area is 438 Å². The first kappa shape index (κ1) is 68.4. The highest BCUT2D eigenvalue weighted by molar-refractivity contribution is 5.71. The zero-order valence-corrected chi connectivity index (χ0v) is 47.8. The molecule has 0 aliphatic rings. The minimum atomic E-state index is -0.760. The molecule has 6 nitrogen and oxygen atoms in total. The molecule has 0 spiro atoms. The fraction of sp³-hybridized carbons (Fsp3) is 0.953. The average Bonchev–Trinajstić information content (AvgIpc) is 3.36. The molecule has 0 saturated carbocycles. The molecule has 0 aromatic carbocycles. The van der Waals surface area contributed by atoms with E-state index in [9.17, 15) is 14.4 Å². The third-order valence-electron chi connectivity index (χ3n) is 14.9. The Balaban J connectivity index is 3.92. The molecule has 0 saturated heterocycles. The molecule has 0 bridgehead atoms. The zero-order chi connectivity index (χ0) is 50.7. The van der Waals surface area contributed by atoms with Gasteiger partial charge in [-0.05, 0) is 19.3 Å². The van der Waals surface area contributed by atoms with Gasteiger partial charge in [-0.3, -0.25) is 14.4 Å². The molecule has 0 fully saturated rings. The van der Waals surface area contributed by atoms with Crippen molar-refractivity contribution in [3.8, 4) is 0 Å². The highest BCUT2D eigenvalue weighted by Crippen LogP contribution is 2.19. The zero-order valence-electron chi connectivity index (χ0n) is 47.8. The second kappa shape index (κ2) is 60.0. The van der Waals surface area contributed by atoms with Crippen LogP contribution in [0.15, 0.2) is 0 Å². The van der Waals surface area contributed by atoms with Crippen LogP contribution in [0.2, 0.25) is 0 Å². The van der Waals surface area contributed by atoms with Gasteiger partial charge in [-0.15, -0.1) is 0 Å². The summed E-state index contributed by atoms with van der Waals surface area (Å²) in [6.07, 6.45) is 68.7. The summed E-state index contributed by atoms with van der Waals surface area (Å²) in [6, 6.07) is 0. The van der Waals surface area contributed by atoms with Gasteiger partial charge >= 0.3 is 17.9 Å². The molecule has 1 atom stereocenters. The van der Waals surface area contributed by atoms with Gasteiger partial charge < -0.3 is 14.2 Å². The number of carbonyl (C=O) groups excluding carboxylic acids is 3. The number of carbonyl (C=O) groups is 3. The predicted octanol–water partition coefficient (Wildman–Crippen LogP) is 21.5. The molecule has 416 valence electrons. The van der Waals surface area contributed by atoms with Crippen molar-refractivity contribution in [1.29, 1.82) is 0 Å². The second-order valence-electron chi connectivity index (χ2n) is 22.1. The van der Waals surface area contributed by atoms with E-state index in [2.05, 4.69) is 20.8 Å². The quantitative estimate of drug-likeness (QED) is 0.0343. The Morgan fingerprint density at radius 1 is 0.229 bits per heavy atom. The molecule has 1 unspecified atom stereocenters. The first-order valence-electron chi connectivity index (χ1n) is 32.0. The van der Waals surface area contributed by atoms with E-state index >= 15 is 0 Å². The number of ether oxygens (including phenoxy) is 3. The molecule has 0 aromatic heterocycles. The van der Waals surface area contributed by atoms with Gasteiger partial charge in [0.15, 0.2) is 6.10 Å². The number of esters is 3. The van der Waals surface area contributed by atoms with Crippen molar-refractivity contribution in [3.63, 3.8) is 0 Å². The number of hydrogen-bond donors (Lipinski definition) is 0. The normalized spacial score (nSPS) is 11.9. The van der Waals surface area contributed by atoms with Crippen molar-refractivity contribution in [2.75, 3.05) is 13.2 Å². The fourth-order valence-corrected chi connectivity index (χ4v) is 10.0. The van der Waals surface area contributed by atoms with E-state index < -0.39 is 6.10 Å². The van der Waals surface area contributed by atoms with E-state index in [1.807, 2.05) is 0 Å². The van der Waals surface area contributed by atoms with Gasteiger partial charge in [0, 0.05) is 19.3 Å². The smallest absolute Gasteiger partial charge is 0.306 e. The average molecular weight is 990 g/mol. The van der Waals surface area contributed by atoms with Crippen molar-refractivity contribution in [1.82, 2.24) is 0 Å². The Morgan fingerprint density at radius 2 is 0.386 bits per heavy atom. The lowest BCUT2D eigenvalue weighted by atomic mass is 10.0. The van der Waals surface area contributed by atoms with Crippen LogP contribution in [0.25, 0.3) is 0 Å². The topological polar surface area (TPSA) is 78.9 Å². The van der Waals surface area contributed by atoms with Gasteiger partial charge in [-0.2, -0.15) is 0 Å². The van der Waals surface area contributed by atoms with Crippen LogP contribution in [-0.2, 0) is 28.6 Å². The van der Waals surface area contributed by atoms with Crippen LogP contribution in [0.4, 0.5) is 0 Å². The van der Waals surface area contributed by atoms with Crippen LogP contribution < -0.4 is 0 Å². The lowest BCUT2D eigenvalue weighted by Gasteiger charge is -2.18. The van der Waals surface area contributed by atoms with E-state index in [0.29, 0.717) is 19.3 Å². The molecule has 0 amide bonds. The van der Waals surface area contributed by atoms with Gasteiger partial charge in [0.25, 0.3) is 0 Å². The lowest BCUT2D eigenvalue weighted by Crippen LogP contribution is -2.30. The SMILES string of the molecule is CCCCCCCCCCCCCCCCCCCCCCCCCCCCCCCCCC(=O)OCC(COC(=O)CCCCCCCCC)OC(=O)CCCCCCCCCCCCCCCC. The van der Waals surface area contributed by atoms with Gasteiger partial charge in [-0.25, -0.2) is 0 Å². The standard InChI is InChI=1S/C64H124O6/c1-4-7-10-13-16-18-20-22-24-25-26-27-28-29-30-31-32-33-34-35-36-37-38-39-40-42-43-45-48-51-54-57-63(66)69-60-61(59-68-62(65)56-53-50-47-15-12-9-6-3)70-64(67)58-55-52-49-46-44-41-23-21-19-17-14-11-8-5-2/h61H,4-60H2,1-3H3.